The number of ketones is 1. The Kier molecular flexibility index (Phi) is 6.26. The minimum absolute atomic E-state index is 0.0327. The largest absolute Gasteiger partial charge is 0.296 e. The Bertz CT molecular complexity index is 961. The fourth-order valence-electron chi connectivity index (χ4n) is 2.44. The van der Waals surface area contributed by atoms with Gasteiger partial charge in [-0.3, -0.25) is 14.9 Å². The third kappa shape index (κ3) is 5.27. The number of nitrogens with zero attached hydrogens (tertiary/aromatic N) is 2. The van der Waals surface area contributed by atoms with Gasteiger partial charge in [0.25, 0.3) is 5.91 Å². The molecular weight excluding hydrogens is 390 g/mol. The zero-order chi connectivity index (χ0) is 20.1. The number of amides is 1. The predicted octanol–water partition coefficient (Wildman–Crippen LogP) is 5.06. The molecule has 0 saturated carbocycles. The summed E-state index contributed by atoms with van der Waals surface area (Å²) in [6.07, 6.45) is 0. The van der Waals surface area contributed by atoms with E-state index in [1.54, 1.807) is 12.1 Å². The molecule has 0 radical (unpaired) electrons. The molecule has 2 aromatic carbocycles. The summed E-state index contributed by atoms with van der Waals surface area (Å²) < 4.78 is 0.641. The van der Waals surface area contributed by atoms with Crippen molar-refractivity contribution in [2.24, 2.45) is 0 Å². The number of Topliss-reactive ketones (excluding diaryl/α,β-unsaturated/α-hetero) is 1. The number of benzene rings is 2. The summed E-state index contributed by atoms with van der Waals surface area (Å²) >= 11 is 2.57. The third-order valence-electron chi connectivity index (χ3n) is 4.06. The van der Waals surface area contributed by atoms with Crippen LogP contribution >= 0.6 is 23.1 Å². The van der Waals surface area contributed by atoms with Gasteiger partial charge in [-0.1, -0.05) is 86.3 Å². The van der Waals surface area contributed by atoms with Crippen LogP contribution in [-0.4, -0.2) is 27.6 Å². The van der Waals surface area contributed by atoms with Crippen LogP contribution in [0.5, 0.6) is 0 Å². The lowest BCUT2D eigenvalue weighted by molar-refractivity contribution is 0.101. The Balaban J connectivity index is 1.57. The highest BCUT2D eigenvalue weighted by atomic mass is 32.2. The Morgan fingerprint density at radius 1 is 0.964 bits per heavy atom. The van der Waals surface area contributed by atoms with E-state index < -0.39 is 0 Å². The maximum Gasteiger partial charge on any atom is 0.257 e. The van der Waals surface area contributed by atoms with Crippen LogP contribution in [-0.2, 0) is 5.41 Å². The lowest BCUT2D eigenvalue weighted by atomic mass is 9.87. The van der Waals surface area contributed by atoms with Crippen molar-refractivity contribution in [1.29, 1.82) is 0 Å². The van der Waals surface area contributed by atoms with Gasteiger partial charge < -0.3 is 0 Å². The monoisotopic (exact) mass is 411 g/mol. The number of carbonyl (C=O) groups is 2. The second-order valence-electron chi connectivity index (χ2n) is 7.23. The topological polar surface area (TPSA) is 72.0 Å². The normalized spacial score (nSPS) is 11.2. The van der Waals surface area contributed by atoms with E-state index in [0.29, 0.717) is 20.6 Å². The lowest BCUT2D eigenvalue weighted by Crippen LogP contribution is -2.14. The van der Waals surface area contributed by atoms with Crippen molar-refractivity contribution >= 4 is 39.9 Å². The molecule has 1 N–H and O–H groups in total. The minimum Gasteiger partial charge on any atom is -0.296 e. The molecule has 1 amide bonds. The fourth-order valence-corrected chi connectivity index (χ4v) is 4.09. The highest BCUT2D eigenvalue weighted by Crippen LogP contribution is 2.27. The van der Waals surface area contributed by atoms with Gasteiger partial charge in [-0.25, -0.2) is 0 Å². The Morgan fingerprint density at radius 3 is 2.29 bits per heavy atom. The first-order valence-electron chi connectivity index (χ1n) is 8.79. The van der Waals surface area contributed by atoms with Crippen molar-refractivity contribution in [3.8, 4) is 0 Å². The lowest BCUT2D eigenvalue weighted by Gasteiger charge is -2.18. The summed E-state index contributed by atoms with van der Waals surface area (Å²) in [5.74, 6) is 0.0831. The number of hydrogen-bond donors (Lipinski definition) is 1. The summed E-state index contributed by atoms with van der Waals surface area (Å²) in [7, 11) is 0. The first-order valence-corrected chi connectivity index (χ1v) is 10.6. The van der Waals surface area contributed by atoms with Crippen LogP contribution in [0, 0.1) is 0 Å². The third-order valence-corrected chi connectivity index (χ3v) is 6.03. The van der Waals surface area contributed by atoms with Crippen LogP contribution in [0.1, 0.15) is 47.1 Å². The van der Waals surface area contributed by atoms with Crippen LogP contribution in [0.2, 0.25) is 0 Å². The molecule has 0 saturated heterocycles. The molecule has 0 spiro atoms. The number of rotatable bonds is 6. The number of thioether (sulfide) groups is 1. The van der Waals surface area contributed by atoms with Gasteiger partial charge in [-0.2, -0.15) is 0 Å². The van der Waals surface area contributed by atoms with Crippen molar-refractivity contribution in [2.45, 2.75) is 30.5 Å². The number of nitrogens with one attached hydrogen (secondary N) is 1. The summed E-state index contributed by atoms with van der Waals surface area (Å²) in [6.45, 7) is 6.39. The SMILES string of the molecule is CC(C)(C)c1ccc(C(=O)Nc2nnc(SCC(=O)c3ccccc3)s2)cc1. The van der Waals surface area contributed by atoms with Gasteiger partial charge in [0.05, 0.1) is 5.75 Å². The average molecular weight is 412 g/mol. The molecule has 7 heteroatoms. The Labute approximate surface area is 172 Å². The fraction of sp³-hybridized carbons (Fsp3) is 0.238. The van der Waals surface area contributed by atoms with Crippen molar-refractivity contribution in [3.05, 3.63) is 71.3 Å². The summed E-state index contributed by atoms with van der Waals surface area (Å²) in [6, 6.07) is 16.7. The van der Waals surface area contributed by atoms with Gasteiger partial charge in [0.15, 0.2) is 10.1 Å². The van der Waals surface area contributed by atoms with E-state index in [1.165, 1.54) is 28.7 Å². The van der Waals surface area contributed by atoms with E-state index >= 15 is 0 Å². The van der Waals surface area contributed by atoms with E-state index in [2.05, 4.69) is 36.3 Å². The predicted molar refractivity (Wildman–Crippen MR) is 115 cm³/mol. The van der Waals surface area contributed by atoms with Gasteiger partial charge in [0.1, 0.15) is 0 Å². The molecule has 0 unspecified atom stereocenters. The van der Waals surface area contributed by atoms with Crippen molar-refractivity contribution in [3.63, 3.8) is 0 Å². The molecule has 1 aromatic heterocycles. The second kappa shape index (κ2) is 8.67. The maximum absolute atomic E-state index is 12.4. The maximum atomic E-state index is 12.4. The summed E-state index contributed by atoms with van der Waals surface area (Å²) in [5, 5.41) is 11.2. The second-order valence-corrected chi connectivity index (χ2v) is 9.43. The zero-order valence-electron chi connectivity index (χ0n) is 15.9. The molecule has 0 atom stereocenters. The molecule has 3 rings (SSSR count). The smallest absolute Gasteiger partial charge is 0.257 e. The number of hydrogen-bond acceptors (Lipinski definition) is 6. The van der Waals surface area contributed by atoms with Gasteiger partial charge in [-0.05, 0) is 23.1 Å². The van der Waals surface area contributed by atoms with E-state index in [4.69, 9.17) is 0 Å². The van der Waals surface area contributed by atoms with Gasteiger partial charge >= 0.3 is 0 Å². The zero-order valence-corrected chi connectivity index (χ0v) is 17.6. The first-order chi connectivity index (χ1) is 13.3. The minimum atomic E-state index is -0.228. The van der Waals surface area contributed by atoms with Crippen LogP contribution in [0.3, 0.4) is 0 Å². The van der Waals surface area contributed by atoms with Crippen molar-refractivity contribution < 1.29 is 9.59 Å². The van der Waals surface area contributed by atoms with Crippen molar-refractivity contribution in [2.75, 3.05) is 11.1 Å². The first kappa shape index (κ1) is 20.2. The molecule has 3 aromatic rings. The van der Waals surface area contributed by atoms with Crippen LogP contribution < -0.4 is 5.32 Å². The molecule has 0 bridgehead atoms. The molecule has 144 valence electrons. The van der Waals surface area contributed by atoms with E-state index in [0.717, 1.165) is 0 Å². The van der Waals surface area contributed by atoms with Crippen LogP contribution in [0.15, 0.2) is 58.9 Å². The van der Waals surface area contributed by atoms with E-state index in [1.807, 2.05) is 42.5 Å². The number of anilines is 1. The molecule has 0 aliphatic rings. The molecule has 0 aliphatic carbocycles. The standard InChI is InChI=1S/C21H21N3O2S2/c1-21(2,3)16-11-9-15(10-12-16)18(26)22-19-23-24-20(28-19)27-13-17(25)14-7-5-4-6-8-14/h4-12H,13H2,1-3H3,(H,22,23,26). The number of carbonyl (C=O) groups excluding carboxylic acids is 2. The molecular formula is C21H21N3O2S2. The number of aromatic nitrogens is 2. The molecule has 28 heavy (non-hydrogen) atoms. The van der Waals surface area contributed by atoms with Crippen LogP contribution in [0.25, 0.3) is 0 Å². The van der Waals surface area contributed by atoms with Crippen LogP contribution in [0.4, 0.5) is 5.13 Å². The van der Waals surface area contributed by atoms with Crippen molar-refractivity contribution in [1.82, 2.24) is 10.2 Å². The highest BCUT2D eigenvalue weighted by Gasteiger charge is 2.16. The molecule has 0 fully saturated rings. The molecule has 0 aliphatic heterocycles. The van der Waals surface area contributed by atoms with Gasteiger partial charge in [-0.15, -0.1) is 10.2 Å². The Hall–Kier alpha value is -2.51. The summed E-state index contributed by atoms with van der Waals surface area (Å²) in [5.41, 5.74) is 2.45. The van der Waals surface area contributed by atoms with Gasteiger partial charge in [0.2, 0.25) is 5.13 Å². The molecule has 5 nitrogen and oxygen atoms in total. The summed E-state index contributed by atoms with van der Waals surface area (Å²) in [4.78, 5) is 24.6. The average Bonchev–Trinajstić information content (AvgIpc) is 3.13. The molecule has 1 heterocycles. The van der Waals surface area contributed by atoms with E-state index in [9.17, 15) is 9.59 Å². The highest BCUT2D eigenvalue weighted by molar-refractivity contribution is 8.01. The quantitative estimate of drug-likeness (QED) is 0.349. The van der Waals surface area contributed by atoms with Gasteiger partial charge in [0, 0.05) is 11.1 Å². The Morgan fingerprint density at radius 2 is 1.64 bits per heavy atom. The van der Waals surface area contributed by atoms with E-state index in [-0.39, 0.29) is 22.9 Å².